The predicted octanol–water partition coefficient (Wildman–Crippen LogP) is 2.27. The highest BCUT2D eigenvalue weighted by molar-refractivity contribution is 5.67. The maximum atomic E-state index is 12.9. The summed E-state index contributed by atoms with van der Waals surface area (Å²) in [5.74, 6) is -0.0440. The summed E-state index contributed by atoms with van der Waals surface area (Å²) >= 11 is 0. The third-order valence-corrected chi connectivity index (χ3v) is 4.16. The summed E-state index contributed by atoms with van der Waals surface area (Å²) in [5.41, 5.74) is 3.04. The SMILES string of the molecule is CC(C)c1c(-c2cnn(-c3cccnc3)c2)nc2c(C#N)c[nH]n2c1=O. The van der Waals surface area contributed by atoms with Crippen molar-refractivity contribution in [3.63, 3.8) is 0 Å². The van der Waals surface area contributed by atoms with E-state index in [1.807, 2.05) is 26.0 Å². The van der Waals surface area contributed by atoms with E-state index in [1.54, 1.807) is 29.5 Å². The van der Waals surface area contributed by atoms with Crippen LogP contribution in [0.1, 0.15) is 30.9 Å². The molecule has 0 fully saturated rings. The van der Waals surface area contributed by atoms with Gasteiger partial charge >= 0.3 is 0 Å². The fourth-order valence-corrected chi connectivity index (χ4v) is 2.93. The average Bonchev–Trinajstić information content (AvgIpc) is 3.29. The third kappa shape index (κ3) is 2.38. The van der Waals surface area contributed by atoms with Gasteiger partial charge in [-0.15, -0.1) is 0 Å². The molecule has 0 bridgehead atoms. The molecule has 0 spiro atoms. The first-order valence-corrected chi connectivity index (χ1v) is 8.09. The topological polar surface area (TPSA) is 105 Å². The van der Waals surface area contributed by atoms with Gasteiger partial charge in [-0.3, -0.25) is 14.9 Å². The zero-order chi connectivity index (χ0) is 18.3. The highest BCUT2D eigenvalue weighted by atomic mass is 16.1. The molecule has 1 N–H and O–H groups in total. The van der Waals surface area contributed by atoms with Crippen molar-refractivity contribution >= 4 is 5.65 Å². The molecule has 4 aromatic heterocycles. The van der Waals surface area contributed by atoms with E-state index >= 15 is 0 Å². The summed E-state index contributed by atoms with van der Waals surface area (Å²) in [5, 5.41) is 16.4. The van der Waals surface area contributed by atoms with Gasteiger partial charge in [-0.2, -0.15) is 10.4 Å². The molecule has 0 amide bonds. The zero-order valence-corrected chi connectivity index (χ0v) is 14.2. The molecule has 0 atom stereocenters. The van der Waals surface area contributed by atoms with Gasteiger partial charge in [0.25, 0.3) is 5.56 Å². The first-order chi connectivity index (χ1) is 12.6. The summed E-state index contributed by atoms with van der Waals surface area (Å²) in [6.45, 7) is 3.88. The van der Waals surface area contributed by atoms with Crippen LogP contribution in [-0.2, 0) is 0 Å². The molecule has 128 valence electrons. The molecular weight excluding hydrogens is 330 g/mol. The lowest BCUT2D eigenvalue weighted by Gasteiger charge is -2.10. The highest BCUT2D eigenvalue weighted by Gasteiger charge is 2.20. The van der Waals surface area contributed by atoms with Crippen molar-refractivity contribution in [1.82, 2.24) is 29.4 Å². The number of pyridine rings is 1. The van der Waals surface area contributed by atoms with Crippen LogP contribution < -0.4 is 5.56 Å². The Morgan fingerprint density at radius 1 is 1.31 bits per heavy atom. The molecule has 0 saturated carbocycles. The Labute approximate surface area is 148 Å². The summed E-state index contributed by atoms with van der Waals surface area (Å²) in [7, 11) is 0. The largest absolute Gasteiger partial charge is 0.295 e. The van der Waals surface area contributed by atoms with Crippen LogP contribution in [0.5, 0.6) is 0 Å². The van der Waals surface area contributed by atoms with Gasteiger partial charge in [-0.25, -0.2) is 14.2 Å². The molecule has 8 heteroatoms. The van der Waals surface area contributed by atoms with Crippen LogP contribution in [0, 0.1) is 11.3 Å². The molecule has 4 heterocycles. The molecule has 0 aliphatic heterocycles. The third-order valence-electron chi connectivity index (χ3n) is 4.16. The second-order valence-corrected chi connectivity index (χ2v) is 6.18. The molecule has 0 unspecified atom stereocenters. The van der Waals surface area contributed by atoms with Crippen LogP contribution in [0.25, 0.3) is 22.6 Å². The molecule has 0 radical (unpaired) electrons. The van der Waals surface area contributed by atoms with Crippen molar-refractivity contribution in [3.8, 4) is 23.0 Å². The molecule has 0 aromatic carbocycles. The van der Waals surface area contributed by atoms with Gasteiger partial charge in [0.05, 0.1) is 23.8 Å². The zero-order valence-electron chi connectivity index (χ0n) is 14.2. The van der Waals surface area contributed by atoms with Gasteiger partial charge in [0.1, 0.15) is 11.6 Å². The first kappa shape index (κ1) is 15.8. The predicted molar refractivity (Wildman–Crippen MR) is 95.0 cm³/mol. The minimum Gasteiger partial charge on any atom is -0.295 e. The fourth-order valence-electron chi connectivity index (χ4n) is 2.93. The fraction of sp³-hybridized carbons (Fsp3) is 0.167. The van der Waals surface area contributed by atoms with Gasteiger partial charge < -0.3 is 0 Å². The normalized spacial score (nSPS) is 11.2. The monoisotopic (exact) mass is 345 g/mol. The number of rotatable bonds is 3. The van der Waals surface area contributed by atoms with Gasteiger partial charge in [0.2, 0.25) is 0 Å². The molecule has 4 rings (SSSR count). The number of hydrogen-bond acceptors (Lipinski definition) is 5. The van der Waals surface area contributed by atoms with Crippen molar-refractivity contribution in [2.75, 3.05) is 0 Å². The van der Waals surface area contributed by atoms with Crippen molar-refractivity contribution in [1.29, 1.82) is 5.26 Å². The van der Waals surface area contributed by atoms with E-state index in [2.05, 4.69) is 26.2 Å². The minimum absolute atomic E-state index is 0.0440. The molecule has 0 aliphatic rings. The van der Waals surface area contributed by atoms with Crippen molar-refractivity contribution in [2.45, 2.75) is 19.8 Å². The molecule has 8 nitrogen and oxygen atoms in total. The number of nitriles is 1. The van der Waals surface area contributed by atoms with E-state index in [0.29, 0.717) is 28.0 Å². The summed E-state index contributed by atoms with van der Waals surface area (Å²) in [6.07, 6.45) is 8.34. The van der Waals surface area contributed by atoms with E-state index in [4.69, 9.17) is 0 Å². The highest BCUT2D eigenvalue weighted by Crippen LogP contribution is 2.26. The molecule has 0 saturated heterocycles. The standard InChI is InChI=1S/C18H15N7O/c1-11(2)15-16(23-17-12(6-19)7-22-25(17)18(15)26)13-8-21-24(10-13)14-4-3-5-20-9-14/h3-5,7-11,22H,1-2H3. The summed E-state index contributed by atoms with van der Waals surface area (Å²) < 4.78 is 2.99. The summed E-state index contributed by atoms with van der Waals surface area (Å²) in [6, 6.07) is 5.77. The second kappa shape index (κ2) is 5.97. The number of hydrogen-bond donors (Lipinski definition) is 1. The van der Waals surface area contributed by atoms with Gasteiger partial charge in [0.15, 0.2) is 5.65 Å². The van der Waals surface area contributed by atoms with Crippen molar-refractivity contribution < 1.29 is 0 Å². The van der Waals surface area contributed by atoms with E-state index in [0.717, 1.165) is 5.69 Å². The Hall–Kier alpha value is -3.73. The number of fused-ring (bicyclic) bond motifs is 1. The van der Waals surface area contributed by atoms with Crippen LogP contribution in [-0.4, -0.2) is 29.4 Å². The quantitative estimate of drug-likeness (QED) is 0.613. The van der Waals surface area contributed by atoms with Crippen molar-refractivity contribution in [3.05, 3.63) is 64.6 Å². The van der Waals surface area contributed by atoms with Crippen LogP contribution in [0.4, 0.5) is 0 Å². The maximum absolute atomic E-state index is 12.9. The van der Waals surface area contributed by atoms with Crippen molar-refractivity contribution in [2.24, 2.45) is 0 Å². The maximum Gasteiger partial charge on any atom is 0.276 e. The van der Waals surface area contributed by atoms with Crippen LogP contribution in [0.3, 0.4) is 0 Å². The summed E-state index contributed by atoms with van der Waals surface area (Å²) in [4.78, 5) is 21.6. The second-order valence-electron chi connectivity index (χ2n) is 6.18. The lowest BCUT2D eigenvalue weighted by molar-refractivity contribution is 0.797. The molecular formula is C18H15N7O. The van der Waals surface area contributed by atoms with Crippen LogP contribution in [0.15, 0.2) is 47.9 Å². The number of nitrogens with zero attached hydrogens (tertiary/aromatic N) is 6. The number of nitrogens with one attached hydrogen (secondary N) is 1. The lowest BCUT2D eigenvalue weighted by Crippen LogP contribution is -2.22. The molecule has 4 aromatic rings. The van der Waals surface area contributed by atoms with E-state index in [1.165, 1.54) is 10.7 Å². The Morgan fingerprint density at radius 3 is 2.85 bits per heavy atom. The number of aromatic amines is 1. The van der Waals surface area contributed by atoms with Crippen LogP contribution in [0.2, 0.25) is 0 Å². The Bertz CT molecular complexity index is 1190. The average molecular weight is 345 g/mol. The molecule has 26 heavy (non-hydrogen) atoms. The van der Waals surface area contributed by atoms with E-state index in [-0.39, 0.29) is 11.5 Å². The van der Waals surface area contributed by atoms with Gasteiger partial charge in [-0.1, -0.05) is 13.8 Å². The lowest BCUT2D eigenvalue weighted by atomic mass is 10.00. The van der Waals surface area contributed by atoms with Crippen LogP contribution >= 0.6 is 0 Å². The Kier molecular flexibility index (Phi) is 3.62. The minimum atomic E-state index is -0.212. The first-order valence-electron chi connectivity index (χ1n) is 8.09. The number of aromatic nitrogens is 6. The van der Waals surface area contributed by atoms with E-state index in [9.17, 15) is 10.1 Å². The smallest absolute Gasteiger partial charge is 0.276 e. The van der Waals surface area contributed by atoms with E-state index < -0.39 is 0 Å². The Morgan fingerprint density at radius 2 is 2.15 bits per heavy atom. The Balaban J connectivity index is 1.96. The number of H-pyrrole nitrogens is 1. The van der Waals surface area contributed by atoms with Gasteiger partial charge in [-0.05, 0) is 18.1 Å². The van der Waals surface area contributed by atoms with Gasteiger partial charge in [0, 0.05) is 29.7 Å². The molecule has 0 aliphatic carbocycles.